The molecule has 3 rings (SSSR count). The van der Waals surface area contributed by atoms with Gasteiger partial charge in [-0.2, -0.15) is 0 Å². The molecule has 0 saturated carbocycles. The van der Waals surface area contributed by atoms with E-state index in [9.17, 15) is 9.18 Å². The molecule has 2 aromatic rings. The van der Waals surface area contributed by atoms with Gasteiger partial charge in [-0.05, 0) is 23.6 Å². The Kier molecular flexibility index (Phi) is 2.25. The fourth-order valence-corrected chi connectivity index (χ4v) is 2.24. The number of nitrogens with zero attached hydrogens (tertiary/aromatic N) is 1. The van der Waals surface area contributed by atoms with E-state index in [2.05, 4.69) is 4.98 Å². The predicted molar refractivity (Wildman–Crippen MR) is 61.4 cm³/mol. The van der Waals surface area contributed by atoms with Crippen molar-refractivity contribution in [1.82, 2.24) is 4.98 Å². The monoisotopic (exact) mass is 227 g/mol. The normalized spacial score (nSPS) is 17.1. The SMILES string of the molecule is O=C(c1cncc(F)c1)C1Cc2ccccc21. The van der Waals surface area contributed by atoms with Gasteiger partial charge in [0.25, 0.3) is 0 Å². The number of fused-ring (bicyclic) bond motifs is 1. The molecule has 84 valence electrons. The van der Waals surface area contributed by atoms with Crippen LogP contribution >= 0.6 is 0 Å². The smallest absolute Gasteiger partial charge is 0.172 e. The molecule has 2 nitrogen and oxygen atoms in total. The van der Waals surface area contributed by atoms with Crippen molar-refractivity contribution in [3.63, 3.8) is 0 Å². The maximum Gasteiger partial charge on any atom is 0.172 e. The van der Waals surface area contributed by atoms with Gasteiger partial charge in [-0.15, -0.1) is 0 Å². The van der Waals surface area contributed by atoms with Crippen LogP contribution in [-0.2, 0) is 6.42 Å². The van der Waals surface area contributed by atoms with Gasteiger partial charge in [0, 0.05) is 11.8 Å². The Balaban J connectivity index is 1.91. The van der Waals surface area contributed by atoms with E-state index >= 15 is 0 Å². The molecule has 0 bridgehead atoms. The van der Waals surface area contributed by atoms with Crippen LogP contribution < -0.4 is 0 Å². The molecule has 1 aromatic heterocycles. The Morgan fingerprint density at radius 3 is 2.88 bits per heavy atom. The molecule has 1 aliphatic carbocycles. The quantitative estimate of drug-likeness (QED) is 0.738. The van der Waals surface area contributed by atoms with Crippen molar-refractivity contribution >= 4 is 5.78 Å². The molecule has 0 amide bonds. The van der Waals surface area contributed by atoms with E-state index in [4.69, 9.17) is 0 Å². The predicted octanol–water partition coefficient (Wildman–Crippen LogP) is 2.74. The highest BCUT2D eigenvalue weighted by Crippen LogP contribution is 2.37. The molecule has 0 aliphatic heterocycles. The summed E-state index contributed by atoms with van der Waals surface area (Å²) in [6.45, 7) is 0. The number of carbonyl (C=O) groups is 1. The summed E-state index contributed by atoms with van der Waals surface area (Å²) in [4.78, 5) is 15.8. The van der Waals surface area contributed by atoms with Crippen molar-refractivity contribution in [3.05, 3.63) is 65.2 Å². The summed E-state index contributed by atoms with van der Waals surface area (Å²) in [7, 11) is 0. The van der Waals surface area contributed by atoms with Gasteiger partial charge in [-0.25, -0.2) is 4.39 Å². The average Bonchev–Trinajstić information content (AvgIpc) is 2.30. The molecule has 0 radical (unpaired) electrons. The summed E-state index contributed by atoms with van der Waals surface area (Å²) < 4.78 is 13.0. The summed E-state index contributed by atoms with van der Waals surface area (Å²) >= 11 is 0. The van der Waals surface area contributed by atoms with Crippen LogP contribution in [0.3, 0.4) is 0 Å². The minimum absolute atomic E-state index is 0.0456. The minimum Gasteiger partial charge on any atom is -0.293 e. The zero-order valence-corrected chi connectivity index (χ0v) is 9.06. The van der Waals surface area contributed by atoms with Gasteiger partial charge in [0.05, 0.1) is 12.1 Å². The van der Waals surface area contributed by atoms with Crippen molar-refractivity contribution < 1.29 is 9.18 Å². The zero-order chi connectivity index (χ0) is 11.8. The average molecular weight is 227 g/mol. The minimum atomic E-state index is -0.469. The summed E-state index contributed by atoms with van der Waals surface area (Å²) in [5, 5.41) is 0. The van der Waals surface area contributed by atoms with Gasteiger partial charge >= 0.3 is 0 Å². The molecule has 17 heavy (non-hydrogen) atoms. The Morgan fingerprint density at radius 2 is 2.12 bits per heavy atom. The zero-order valence-electron chi connectivity index (χ0n) is 9.06. The molecule has 0 fully saturated rings. The highest BCUT2D eigenvalue weighted by molar-refractivity contribution is 6.02. The molecule has 1 unspecified atom stereocenters. The summed E-state index contributed by atoms with van der Waals surface area (Å²) in [6, 6.07) is 9.10. The number of ketones is 1. The molecular formula is C14H10FNO. The van der Waals surface area contributed by atoms with Gasteiger partial charge in [0.2, 0.25) is 0 Å². The summed E-state index contributed by atoms with van der Waals surface area (Å²) in [5.74, 6) is -0.644. The second-order valence-electron chi connectivity index (χ2n) is 4.21. The molecular weight excluding hydrogens is 217 g/mol. The van der Waals surface area contributed by atoms with Crippen LogP contribution in [0.4, 0.5) is 4.39 Å². The Morgan fingerprint density at radius 1 is 1.29 bits per heavy atom. The topological polar surface area (TPSA) is 30.0 Å². The van der Waals surface area contributed by atoms with Crippen molar-refractivity contribution in [2.24, 2.45) is 0 Å². The highest BCUT2D eigenvalue weighted by atomic mass is 19.1. The number of hydrogen-bond acceptors (Lipinski definition) is 2. The number of pyridine rings is 1. The lowest BCUT2D eigenvalue weighted by molar-refractivity contribution is 0.0948. The van der Waals surface area contributed by atoms with E-state index in [0.29, 0.717) is 5.56 Å². The molecule has 0 N–H and O–H groups in total. The lowest BCUT2D eigenvalue weighted by Gasteiger charge is -2.28. The van der Waals surface area contributed by atoms with Crippen molar-refractivity contribution in [2.45, 2.75) is 12.3 Å². The van der Waals surface area contributed by atoms with Crippen LogP contribution in [0.2, 0.25) is 0 Å². The number of carbonyl (C=O) groups excluding carboxylic acids is 1. The van der Waals surface area contributed by atoms with Crippen LogP contribution in [0.15, 0.2) is 42.7 Å². The van der Waals surface area contributed by atoms with E-state index in [1.165, 1.54) is 17.8 Å². The number of hydrogen-bond donors (Lipinski definition) is 0. The number of rotatable bonds is 2. The van der Waals surface area contributed by atoms with Crippen LogP contribution in [0.25, 0.3) is 0 Å². The van der Waals surface area contributed by atoms with Crippen molar-refractivity contribution in [3.8, 4) is 0 Å². The van der Waals surface area contributed by atoms with Crippen LogP contribution in [0.5, 0.6) is 0 Å². The summed E-state index contributed by atoms with van der Waals surface area (Å²) in [5.41, 5.74) is 2.61. The third kappa shape index (κ3) is 1.64. The second-order valence-corrected chi connectivity index (χ2v) is 4.21. The Hall–Kier alpha value is -2.03. The maximum absolute atomic E-state index is 13.0. The molecule has 0 spiro atoms. The molecule has 1 heterocycles. The van der Waals surface area contributed by atoms with Crippen molar-refractivity contribution in [2.75, 3.05) is 0 Å². The first-order valence-electron chi connectivity index (χ1n) is 5.48. The van der Waals surface area contributed by atoms with Gasteiger partial charge < -0.3 is 0 Å². The first kappa shape index (κ1) is 10.1. The van der Waals surface area contributed by atoms with E-state index < -0.39 is 5.82 Å². The van der Waals surface area contributed by atoms with Crippen LogP contribution in [-0.4, -0.2) is 10.8 Å². The van der Waals surface area contributed by atoms with Gasteiger partial charge in [-0.1, -0.05) is 24.3 Å². The molecule has 1 aromatic carbocycles. The molecule has 3 heteroatoms. The second kappa shape index (κ2) is 3.77. The maximum atomic E-state index is 13.0. The standard InChI is InChI=1S/C14H10FNO/c15-11-5-10(7-16-8-11)14(17)13-6-9-3-1-2-4-12(9)13/h1-5,7-8,13H,6H2. The first-order valence-corrected chi connectivity index (χ1v) is 5.48. The molecule has 1 atom stereocenters. The third-order valence-corrected chi connectivity index (χ3v) is 3.16. The molecule has 0 saturated heterocycles. The lowest BCUT2D eigenvalue weighted by atomic mass is 9.74. The first-order chi connectivity index (χ1) is 8.25. The van der Waals surface area contributed by atoms with E-state index in [-0.39, 0.29) is 11.7 Å². The highest BCUT2D eigenvalue weighted by Gasteiger charge is 2.32. The van der Waals surface area contributed by atoms with E-state index in [1.54, 1.807) is 0 Å². The third-order valence-electron chi connectivity index (χ3n) is 3.16. The fraction of sp³-hybridized carbons (Fsp3) is 0.143. The number of benzene rings is 1. The lowest BCUT2D eigenvalue weighted by Crippen LogP contribution is -2.25. The largest absolute Gasteiger partial charge is 0.293 e. The Labute approximate surface area is 98.1 Å². The number of aromatic nitrogens is 1. The van der Waals surface area contributed by atoms with Gasteiger partial charge in [0.1, 0.15) is 5.82 Å². The van der Waals surface area contributed by atoms with Crippen molar-refractivity contribution in [1.29, 1.82) is 0 Å². The van der Waals surface area contributed by atoms with Gasteiger partial charge in [-0.3, -0.25) is 9.78 Å². The van der Waals surface area contributed by atoms with E-state index in [1.807, 2.05) is 24.3 Å². The fourth-order valence-electron chi connectivity index (χ4n) is 2.24. The molecule has 1 aliphatic rings. The number of Topliss-reactive ketones (excluding diaryl/α,β-unsaturated/α-hetero) is 1. The number of halogens is 1. The Bertz CT molecular complexity index is 594. The summed E-state index contributed by atoms with van der Waals surface area (Å²) in [6.07, 6.45) is 3.27. The van der Waals surface area contributed by atoms with E-state index in [0.717, 1.165) is 18.2 Å². The van der Waals surface area contributed by atoms with Crippen LogP contribution in [0.1, 0.15) is 27.4 Å². The van der Waals surface area contributed by atoms with Gasteiger partial charge in [0.15, 0.2) is 5.78 Å². The van der Waals surface area contributed by atoms with Crippen LogP contribution in [0, 0.1) is 5.82 Å².